The number of carbonyl (C=O) groups excluding carboxylic acids is 4. The zero-order valence-corrected chi connectivity index (χ0v) is 20.9. The molecule has 142 valence electrons. The van der Waals surface area contributed by atoms with E-state index < -0.39 is 35.6 Å². The minimum atomic E-state index is -0.827. The minimum Gasteiger partial charge on any atom is -0.456 e. The Morgan fingerprint density at radius 3 is 1.81 bits per heavy atom. The molecule has 1 aromatic carbocycles. The third-order valence-electron chi connectivity index (χ3n) is 2.98. The van der Waals surface area contributed by atoms with Crippen LogP contribution in [0.3, 0.4) is 0 Å². The summed E-state index contributed by atoms with van der Waals surface area (Å²) in [5.41, 5.74) is 0.233. The second kappa shape index (κ2) is 10.7. The van der Waals surface area contributed by atoms with E-state index in [4.69, 9.17) is 27.9 Å². The van der Waals surface area contributed by atoms with E-state index in [0.717, 1.165) is 11.8 Å². The van der Waals surface area contributed by atoms with Gasteiger partial charge < -0.3 is 14.7 Å². The van der Waals surface area contributed by atoms with Gasteiger partial charge in [-0.05, 0) is 91.0 Å². The van der Waals surface area contributed by atoms with Crippen LogP contribution in [0, 0.1) is 10.7 Å². The van der Waals surface area contributed by atoms with Crippen LogP contribution in [0.15, 0.2) is 0 Å². The largest absolute Gasteiger partial charge is 0.456 e. The zero-order chi connectivity index (χ0) is 20.2. The first-order valence-electron chi connectivity index (χ1n) is 6.69. The molecule has 1 amide bonds. The van der Waals surface area contributed by atoms with E-state index in [2.05, 4.69) is 0 Å². The number of nitrogens with zero attached hydrogens (tertiary/aromatic N) is 1. The van der Waals surface area contributed by atoms with E-state index in [0.29, 0.717) is 7.14 Å². The van der Waals surface area contributed by atoms with Crippen molar-refractivity contribution in [2.75, 3.05) is 24.7 Å². The third kappa shape index (κ3) is 5.62. The van der Waals surface area contributed by atoms with Gasteiger partial charge in [-0.3, -0.25) is 19.2 Å². The van der Waals surface area contributed by atoms with Gasteiger partial charge in [-0.15, -0.1) is 0 Å². The van der Waals surface area contributed by atoms with Crippen LogP contribution in [0.4, 0.5) is 5.69 Å². The number of halogens is 5. The Hall–Kier alpha value is 0.230. The SMILES string of the molecule is CC(=O)OCC(=O)N(CCO)c1c(I)c(C(=O)Cl)c(I)c(C(=O)Cl)c1I. The van der Waals surface area contributed by atoms with Crippen molar-refractivity contribution >= 4 is 119 Å². The van der Waals surface area contributed by atoms with Crippen LogP contribution < -0.4 is 4.90 Å². The second-order valence-corrected chi connectivity index (χ2v) is 8.56. The number of amides is 1. The molecule has 0 aliphatic carbocycles. The maximum Gasteiger partial charge on any atom is 0.303 e. The maximum atomic E-state index is 12.5. The molecule has 1 N–H and O–H groups in total. The van der Waals surface area contributed by atoms with Crippen molar-refractivity contribution in [3.63, 3.8) is 0 Å². The molecule has 1 rings (SSSR count). The van der Waals surface area contributed by atoms with Crippen molar-refractivity contribution in [1.29, 1.82) is 0 Å². The molecule has 0 heterocycles. The van der Waals surface area contributed by atoms with Crippen molar-refractivity contribution in [2.45, 2.75) is 6.92 Å². The lowest BCUT2D eigenvalue weighted by Crippen LogP contribution is -2.38. The summed E-state index contributed by atoms with van der Waals surface area (Å²) >= 11 is 16.7. The monoisotopic (exact) mass is 739 g/mol. The standard InChI is InChI=1S/C14H10Cl2I3NO6/c1-5(22)26-4-6(23)20(2-3-21)12-10(18)7(13(15)24)9(17)8(11(12)19)14(16)25/h21H,2-4H2,1H3. The Morgan fingerprint density at radius 2 is 1.46 bits per heavy atom. The number of carbonyl (C=O) groups is 4. The Morgan fingerprint density at radius 1 is 1.00 bits per heavy atom. The lowest BCUT2D eigenvalue weighted by molar-refractivity contribution is -0.145. The van der Waals surface area contributed by atoms with Crippen LogP contribution in [0.1, 0.15) is 27.6 Å². The number of rotatable bonds is 7. The summed E-state index contributed by atoms with van der Waals surface area (Å²) in [7, 11) is 0. The van der Waals surface area contributed by atoms with Crippen molar-refractivity contribution in [3.8, 4) is 0 Å². The topological polar surface area (TPSA) is 101 Å². The highest BCUT2D eigenvalue weighted by atomic mass is 127. The van der Waals surface area contributed by atoms with Gasteiger partial charge in [0, 0.05) is 17.0 Å². The first kappa shape index (κ1) is 24.3. The first-order chi connectivity index (χ1) is 12.0. The fraction of sp³-hybridized carbons (Fsp3) is 0.286. The van der Waals surface area contributed by atoms with E-state index >= 15 is 0 Å². The molecule has 0 saturated carbocycles. The molecule has 0 saturated heterocycles. The van der Waals surface area contributed by atoms with Gasteiger partial charge >= 0.3 is 5.97 Å². The minimum absolute atomic E-state index is 0.0236. The van der Waals surface area contributed by atoms with Crippen LogP contribution in [0.25, 0.3) is 0 Å². The number of aliphatic hydroxyl groups excluding tert-OH is 1. The molecular formula is C14H10Cl2I3NO6. The Labute approximate surface area is 199 Å². The van der Waals surface area contributed by atoms with Gasteiger partial charge in [0.25, 0.3) is 16.4 Å². The van der Waals surface area contributed by atoms with Crippen molar-refractivity contribution < 1.29 is 29.0 Å². The van der Waals surface area contributed by atoms with Crippen LogP contribution in [-0.4, -0.2) is 47.2 Å². The average molecular weight is 740 g/mol. The Bertz CT molecular complexity index is 745. The fourth-order valence-electron chi connectivity index (χ4n) is 1.94. The van der Waals surface area contributed by atoms with E-state index in [-0.39, 0.29) is 26.9 Å². The number of hydrogen-bond donors (Lipinski definition) is 1. The molecule has 0 radical (unpaired) electrons. The molecule has 0 atom stereocenters. The van der Waals surface area contributed by atoms with Gasteiger partial charge in [0.1, 0.15) is 0 Å². The molecule has 7 nitrogen and oxygen atoms in total. The fourth-order valence-corrected chi connectivity index (χ4v) is 7.68. The van der Waals surface area contributed by atoms with Gasteiger partial charge in [-0.25, -0.2) is 0 Å². The van der Waals surface area contributed by atoms with E-state index in [1.165, 1.54) is 0 Å². The molecule has 0 unspecified atom stereocenters. The van der Waals surface area contributed by atoms with Crippen LogP contribution >= 0.6 is 91.0 Å². The molecule has 0 bridgehead atoms. The molecular weight excluding hydrogens is 730 g/mol. The molecule has 0 aliphatic rings. The lowest BCUT2D eigenvalue weighted by Gasteiger charge is -2.26. The number of ether oxygens (including phenoxy) is 1. The lowest BCUT2D eigenvalue weighted by atomic mass is 10.1. The predicted octanol–water partition coefficient (Wildman–Crippen LogP) is 3.15. The van der Waals surface area contributed by atoms with Gasteiger partial charge in [0.15, 0.2) is 6.61 Å². The molecule has 1 aromatic rings. The third-order valence-corrected chi connectivity index (χ3v) is 6.54. The summed E-state index contributed by atoms with van der Waals surface area (Å²) < 4.78 is 5.58. The van der Waals surface area contributed by atoms with Crippen LogP contribution in [0.2, 0.25) is 0 Å². The molecule has 12 heteroatoms. The zero-order valence-electron chi connectivity index (χ0n) is 12.9. The van der Waals surface area contributed by atoms with Crippen molar-refractivity contribution in [2.24, 2.45) is 0 Å². The summed E-state index contributed by atoms with van der Waals surface area (Å²) in [6.45, 7) is 0.0230. The van der Waals surface area contributed by atoms with Crippen LogP contribution in [-0.2, 0) is 14.3 Å². The molecule has 0 spiro atoms. The quantitative estimate of drug-likeness (QED) is 0.262. The summed E-state index contributed by atoms with van der Waals surface area (Å²) in [6.07, 6.45) is 0. The molecule has 0 fully saturated rings. The Balaban J connectivity index is 3.70. The van der Waals surface area contributed by atoms with E-state index in [1.54, 1.807) is 22.6 Å². The van der Waals surface area contributed by atoms with Crippen LogP contribution in [0.5, 0.6) is 0 Å². The van der Waals surface area contributed by atoms with E-state index in [1.807, 2.05) is 45.2 Å². The molecule has 0 aromatic heterocycles. The maximum absolute atomic E-state index is 12.5. The average Bonchev–Trinajstić information content (AvgIpc) is 2.50. The highest BCUT2D eigenvalue weighted by Gasteiger charge is 2.31. The summed E-state index contributed by atoms with van der Waals surface area (Å²) in [5.74, 6) is -1.30. The number of hydrogen-bond acceptors (Lipinski definition) is 6. The number of esters is 1. The second-order valence-electron chi connectivity index (χ2n) is 4.64. The summed E-state index contributed by atoms with van der Waals surface area (Å²) in [6, 6.07) is 0. The Kier molecular flexibility index (Phi) is 9.97. The first-order valence-corrected chi connectivity index (χ1v) is 10.7. The van der Waals surface area contributed by atoms with Gasteiger partial charge in [-0.1, -0.05) is 0 Å². The summed E-state index contributed by atoms with van der Waals surface area (Å²) in [5, 5.41) is 7.67. The van der Waals surface area contributed by atoms with Crippen molar-refractivity contribution in [3.05, 3.63) is 21.8 Å². The van der Waals surface area contributed by atoms with Gasteiger partial charge in [-0.2, -0.15) is 0 Å². The number of anilines is 1. The molecule has 0 aliphatic heterocycles. The highest BCUT2D eigenvalue weighted by molar-refractivity contribution is 14.1. The highest BCUT2D eigenvalue weighted by Crippen LogP contribution is 2.39. The van der Waals surface area contributed by atoms with Gasteiger partial charge in [0.05, 0.1) is 30.6 Å². The predicted molar refractivity (Wildman–Crippen MR) is 121 cm³/mol. The van der Waals surface area contributed by atoms with Gasteiger partial charge in [0.2, 0.25) is 0 Å². The smallest absolute Gasteiger partial charge is 0.303 e. The van der Waals surface area contributed by atoms with Crippen molar-refractivity contribution in [1.82, 2.24) is 0 Å². The normalized spacial score (nSPS) is 10.4. The summed E-state index contributed by atoms with van der Waals surface area (Å²) in [4.78, 5) is 48.3. The van der Waals surface area contributed by atoms with E-state index in [9.17, 15) is 24.3 Å². The molecule has 26 heavy (non-hydrogen) atoms. The number of aliphatic hydroxyl groups is 1. The number of benzene rings is 1.